The van der Waals surface area contributed by atoms with Crippen LogP contribution in [0.15, 0.2) is 31.0 Å². The molecule has 6 nitrogen and oxygen atoms in total. The molecule has 0 aromatic carbocycles. The average Bonchev–Trinajstić information content (AvgIpc) is 2.52. The van der Waals surface area contributed by atoms with Gasteiger partial charge in [0, 0.05) is 32.9 Å². The van der Waals surface area contributed by atoms with E-state index >= 15 is 0 Å². The smallest absolute Gasteiger partial charge is 0.253 e. The second-order valence-electron chi connectivity index (χ2n) is 5.33. The highest BCUT2D eigenvalue weighted by atomic mass is 16.5. The first-order valence-corrected chi connectivity index (χ1v) is 7.38. The van der Waals surface area contributed by atoms with Crippen LogP contribution in [0.25, 0.3) is 0 Å². The summed E-state index contributed by atoms with van der Waals surface area (Å²) in [4.78, 5) is 18.4. The van der Waals surface area contributed by atoms with Crippen molar-refractivity contribution < 1.29 is 14.3 Å². The molecule has 1 aliphatic rings. The quantitative estimate of drug-likeness (QED) is 0.801. The van der Waals surface area contributed by atoms with Crippen molar-refractivity contribution in [2.45, 2.75) is 19.1 Å². The fourth-order valence-electron chi connectivity index (χ4n) is 2.48. The van der Waals surface area contributed by atoms with Crippen LogP contribution in [0, 0.1) is 0 Å². The lowest BCUT2D eigenvalue weighted by atomic mass is 10.2. The molecule has 1 aromatic rings. The molecule has 1 saturated heterocycles. The maximum Gasteiger partial charge on any atom is 0.253 e. The number of hydrogen-bond acceptors (Lipinski definition) is 5. The number of anilines is 1. The number of amides is 1. The summed E-state index contributed by atoms with van der Waals surface area (Å²) in [5.74, 6) is 0.697. The Morgan fingerprint density at radius 1 is 1.59 bits per heavy atom. The number of aromatic nitrogens is 1. The summed E-state index contributed by atoms with van der Waals surface area (Å²) in [6.45, 7) is 8.11. The molecule has 120 valence electrons. The molecular weight excluding hydrogens is 282 g/mol. The van der Waals surface area contributed by atoms with Gasteiger partial charge in [-0.25, -0.2) is 4.98 Å². The SMILES string of the molecule is C=CCNC(=O)c1ccc(N2CC(C)OC(COC)C2)nc1. The van der Waals surface area contributed by atoms with E-state index in [-0.39, 0.29) is 18.1 Å². The highest BCUT2D eigenvalue weighted by Gasteiger charge is 2.26. The molecule has 2 rings (SSSR count). The lowest BCUT2D eigenvalue weighted by molar-refractivity contribution is -0.0512. The molecule has 1 amide bonds. The summed E-state index contributed by atoms with van der Waals surface area (Å²) in [6.07, 6.45) is 3.39. The van der Waals surface area contributed by atoms with Crippen molar-refractivity contribution in [2.75, 3.05) is 38.3 Å². The molecule has 0 radical (unpaired) electrons. The fraction of sp³-hybridized carbons (Fsp3) is 0.500. The Balaban J connectivity index is 2.02. The Bertz CT molecular complexity index is 504. The first-order valence-electron chi connectivity index (χ1n) is 7.38. The molecule has 0 bridgehead atoms. The second-order valence-corrected chi connectivity index (χ2v) is 5.33. The van der Waals surface area contributed by atoms with Crippen LogP contribution in [-0.4, -0.2) is 56.5 Å². The van der Waals surface area contributed by atoms with Gasteiger partial charge in [-0.05, 0) is 19.1 Å². The first kappa shape index (κ1) is 16.5. The van der Waals surface area contributed by atoms with Gasteiger partial charge in [0.1, 0.15) is 5.82 Å². The van der Waals surface area contributed by atoms with E-state index < -0.39 is 0 Å². The molecule has 0 spiro atoms. The van der Waals surface area contributed by atoms with Crippen molar-refractivity contribution in [3.05, 3.63) is 36.5 Å². The van der Waals surface area contributed by atoms with Crippen LogP contribution in [0.5, 0.6) is 0 Å². The van der Waals surface area contributed by atoms with Crippen LogP contribution < -0.4 is 10.2 Å². The van der Waals surface area contributed by atoms with Crippen molar-refractivity contribution in [2.24, 2.45) is 0 Å². The number of rotatable bonds is 6. The zero-order valence-corrected chi connectivity index (χ0v) is 13.1. The molecule has 1 aliphatic heterocycles. The number of nitrogens with zero attached hydrogens (tertiary/aromatic N) is 2. The van der Waals surface area contributed by atoms with Gasteiger partial charge in [-0.1, -0.05) is 6.08 Å². The molecule has 1 aromatic heterocycles. The van der Waals surface area contributed by atoms with E-state index in [2.05, 4.69) is 21.8 Å². The van der Waals surface area contributed by atoms with Crippen molar-refractivity contribution in [1.82, 2.24) is 10.3 Å². The van der Waals surface area contributed by atoms with Crippen molar-refractivity contribution in [3.8, 4) is 0 Å². The van der Waals surface area contributed by atoms with Gasteiger partial charge in [0.25, 0.3) is 5.91 Å². The van der Waals surface area contributed by atoms with Gasteiger partial charge in [0.2, 0.25) is 0 Å². The minimum atomic E-state index is -0.147. The summed E-state index contributed by atoms with van der Waals surface area (Å²) in [6, 6.07) is 3.65. The summed E-state index contributed by atoms with van der Waals surface area (Å²) in [5.41, 5.74) is 0.542. The molecule has 2 heterocycles. The number of hydrogen-bond donors (Lipinski definition) is 1. The topological polar surface area (TPSA) is 63.7 Å². The summed E-state index contributed by atoms with van der Waals surface area (Å²) < 4.78 is 11.0. The highest BCUT2D eigenvalue weighted by Crippen LogP contribution is 2.18. The van der Waals surface area contributed by atoms with Gasteiger partial charge in [0.15, 0.2) is 0 Å². The van der Waals surface area contributed by atoms with Gasteiger partial charge >= 0.3 is 0 Å². The van der Waals surface area contributed by atoms with Gasteiger partial charge < -0.3 is 19.7 Å². The predicted molar refractivity (Wildman–Crippen MR) is 85.2 cm³/mol. The Hall–Kier alpha value is -1.92. The van der Waals surface area contributed by atoms with E-state index in [1.165, 1.54) is 0 Å². The molecule has 0 aliphatic carbocycles. The van der Waals surface area contributed by atoms with Crippen LogP contribution in [-0.2, 0) is 9.47 Å². The number of methoxy groups -OCH3 is 1. The predicted octanol–water partition coefficient (Wildman–Crippen LogP) is 1.24. The maximum absolute atomic E-state index is 11.8. The van der Waals surface area contributed by atoms with E-state index in [1.54, 1.807) is 25.4 Å². The number of carbonyl (C=O) groups excluding carboxylic acids is 1. The molecule has 6 heteroatoms. The molecule has 1 N–H and O–H groups in total. The largest absolute Gasteiger partial charge is 0.382 e. The molecule has 0 saturated carbocycles. The van der Waals surface area contributed by atoms with Gasteiger partial charge in [0.05, 0.1) is 24.4 Å². The average molecular weight is 305 g/mol. The Labute approximate surface area is 131 Å². The highest BCUT2D eigenvalue weighted by molar-refractivity contribution is 5.94. The maximum atomic E-state index is 11.8. The zero-order chi connectivity index (χ0) is 15.9. The molecule has 2 atom stereocenters. The number of nitrogens with one attached hydrogen (secondary N) is 1. The van der Waals surface area contributed by atoms with Crippen molar-refractivity contribution >= 4 is 11.7 Å². The van der Waals surface area contributed by atoms with E-state index in [0.717, 1.165) is 18.9 Å². The van der Waals surface area contributed by atoms with E-state index in [9.17, 15) is 4.79 Å². The van der Waals surface area contributed by atoms with E-state index in [0.29, 0.717) is 18.7 Å². The Kier molecular flexibility index (Phi) is 5.91. The normalized spacial score (nSPS) is 21.5. The van der Waals surface area contributed by atoms with Gasteiger partial charge in [-0.2, -0.15) is 0 Å². The van der Waals surface area contributed by atoms with Crippen LogP contribution in [0.2, 0.25) is 0 Å². The van der Waals surface area contributed by atoms with Gasteiger partial charge in [-0.3, -0.25) is 4.79 Å². The monoisotopic (exact) mass is 305 g/mol. The van der Waals surface area contributed by atoms with Gasteiger partial charge in [-0.15, -0.1) is 6.58 Å². The summed E-state index contributed by atoms with van der Waals surface area (Å²) >= 11 is 0. The fourth-order valence-corrected chi connectivity index (χ4v) is 2.48. The van der Waals surface area contributed by atoms with Crippen molar-refractivity contribution in [3.63, 3.8) is 0 Å². The Morgan fingerprint density at radius 3 is 3.05 bits per heavy atom. The lowest BCUT2D eigenvalue weighted by Crippen LogP contribution is -2.48. The second kappa shape index (κ2) is 7.91. The number of carbonyl (C=O) groups is 1. The lowest BCUT2D eigenvalue weighted by Gasteiger charge is -2.37. The van der Waals surface area contributed by atoms with E-state index in [1.807, 2.05) is 13.0 Å². The van der Waals surface area contributed by atoms with Crippen LogP contribution >= 0.6 is 0 Å². The summed E-state index contributed by atoms with van der Waals surface area (Å²) in [5, 5.41) is 2.73. The molecular formula is C16H23N3O3. The summed E-state index contributed by atoms with van der Waals surface area (Å²) in [7, 11) is 1.67. The minimum absolute atomic E-state index is 0.0334. The van der Waals surface area contributed by atoms with Crippen LogP contribution in [0.1, 0.15) is 17.3 Å². The Morgan fingerprint density at radius 2 is 2.41 bits per heavy atom. The molecule has 22 heavy (non-hydrogen) atoms. The third kappa shape index (κ3) is 4.29. The number of pyridine rings is 1. The standard InChI is InChI=1S/C16H23N3O3/c1-4-7-17-16(20)13-5-6-15(18-8-13)19-9-12(2)22-14(10-19)11-21-3/h4-6,8,12,14H,1,7,9-11H2,2-3H3,(H,17,20). The zero-order valence-electron chi connectivity index (χ0n) is 13.1. The molecule has 2 unspecified atom stereocenters. The van der Waals surface area contributed by atoms with Crippen molar-refractivity contribution in [1.29, 1.82) is 0 Å². The number of ether oxygens (including phenoxy) is 2. The molecule has 1 fully saturated rings. The third-order valence-corrected chi connectivity index (χ3v) is 3.42. The minimum Gasteiger partial charge on any atom is -0.382 e. The third-order valence-electron chi connectivity index (χ3n) is 3.42. The van der Waals surface area contributed by atoms with E-state index in [4.69, 9.17) is 9.47 Å². The van der Waals surface area contributed by atoms with Crippen LogP contribution in [0.3, 0.4) is 0 Å². The first-order chi connectivity index (χ1) is 10.6. The number of morpholine rings is 1. The van der Waals surface area contributed by atoms with Crippen LogP contribution in [0.4, 0.5) is 5.82 Å².